The second kappa shape index (κ2) is 10.9. The van der Waals surface area contributed by atoms with E-state index in [-0.39, 0.29) is 3.63 Å². The molecular formula is C36H38Cl2SiZr. The minimum atomic E-state index is -4.00. The van der Waals surface area contributed by atoms with Gasteiger partial charge in [-0.2, -0.15) is 0 Å². The van der Waals surface area contributed by atoms with E-state index in [2.05, 4.69) is 120 Å². The van der Waals surface area contributed by atoms with Gasteiger partial charge >= 0.3 is 256 Å². The number of aryl methyl sites for hydroxylation is 2. The number of benzene rings is 4. The Labute approximate surface area is 254 Å². The number of hydrogen-bond donors (Lipinski definition) is 0. The van der Waals surface area contributed by atoms with E-state index in [9.17, 15) is 0 Å². The Morgan fingerprint density at radius 3 is 2.23 bits per heavy atom. The second-order valence-corrected chi connectivity index (χ2v) is 28.4. The van der Waals surface area contributed by atoms with Crippen LogP contribution >= 0.6 is 17.0 Å². The average Bonchev–Trinajstić information content (AvgIpc) is 3.45. The van der Waals surface area contributed by atoms with Gasteiger partial charge in [0.1, 0.15) is 0 Å². The van der Waals surface area contributed by atoms with Gasteiger partial charge in [-0.05, 0) is 0 Å². The van der Waals surface area contributed by atoms with Crippen molar-refractivity contribution in [2.45, 2.75) is 57.5 Å². The van der Waals surface area contributed by atoms with Crippen molar-refractivity contribution in [2.75, 3.05) is 0 Å². The molecule has 4 aromatic carbocycles. The van der Waals surface area contributed by atoms with E-state index < -0.39 is 27.4 Å². The Kier molecular flexibility index (Phi) is 7.71. The number of rotatable bonds is 6. The van der Waals surface area contributed by atoms with Gasteiger partial charge in [0.25, 0.3) is 0 Å². The quantitative estimate of drug-likeness (QED) is 0.160. The summed E-state index contributed by atoms with van der Waals surface area (Å²) in [6.45, 7) is 13.6. The SMILES string of the molecule is Cc1cc(C)cc(-c2c(C(C)C)ccc3c2C=C(CC(C)C)[CH]3[Zr]([Cl])([Cl])[c]2cccc3c2[SiH2]c2ccccc2-3)c1. The summed E-state index contributed by atoms with van der Waals surface area (Å²) in [7, 11) is 15.2. The number of allylic oxidation sites excluding steroid dienone is 1. The molecule has 4 aromatic rings. The zero-order chi connectivity index (χ0) is 28.3. The summed E-state index contributed by atoms with van der Waals surface area (Å²) in [5.41, 5.74) is 13.6. The number of halogens is 2. The normalized spacial score (nSPS) is 16.4. The zero-order valence-electron chi connectivity index (χ0n) is 24.4. The van der Waals surface area contributed by atoms with Crippen LogP contribution in [-0.4, -0.2) is 9.52 Å². The van der Waals surface area contributed by atoms with Crippen molar-refractivity contribution in [1.29, 1.82) is 0 Å². The van der Waals surface area contributed by atoms with E-state index in [1.165, 1.54) is 69.3 Å². The van der Waals surface area contributed by atoms with Crippen LogP contribution in [0.25, 0.3) is 28.3 Å². The molecule has 0 bridgehead atoms. The van der Waals surface area contributed by atoms with Crippen LogP contribution in [0.2, 0.25) is 0 Å². The first kappa shape index (κ1) is 28.4. The molecular weight excluding hydrogens is 623 g/mol. The maximum absolute atomic E-state index is 7.91. The van der Waals surface area contributed by atoms with Crippen molar-refractivity contribution in [3.63, 3.8) is 0 Å². The van der Waals surface area contributed by atoms with Gasteiger partial charge in [0.15, 0.2) is 0 Å². The van der Waals surface area contributed by atoms with Gasteiger partial charge in [-0.1, -0.05) is 0 Å². The van der Waals surface area contributed by atoms with Crippen LogP contribution in [0, 0.1) is 19.8 Å². The van der Waals surface area contributed by atoms with E-state index in [4.69, 9.17) is 17.0 Å². The first-order chi connectivity index (χ1) is 19.1. The van der Waals surface area contributed by atoms with Crippen LogP contribution < -0.4 is 13.6 Å². The van der Waals surface area contributed by atoms with E-state index >= 15 is 0 Å². The van der Waals surface area contributed by atoms with Crippen LogP contribution in [0.4, 0.5) is 0 Å². The molecule has 1 heterocycles. The maximum atomic E-state index is 7.91. The van der Waals surface area contributed by atoms with Crippen LogP contribution in [0.3, 0.4) is 0 Å². The third kappa shape index (κ3) is 4.88. The fraction of sp³-hybridized carbons (Fsp3) is 0.278. The molecule has 40 heavy (non-hydrogen) atoms. The summed E-state index contributed by atoms with van der Waals surface area (Å²) in [5.74, 6) is 0.956. The van der Waals surface area contributed by atoms with Gasteiger partial charge in [-0.15, -0.1) is 0 Å². The van der Waals surface area contributed by atoms with Gasteiger partial charge in [-0.25, -0.2) is 0 Å². The fourth-order valence-electron chi connectivity index (χ4n) is 7.15. The predicted octanol–water partition coefficient (Wildman–Crippen LogP) is 8.47. The topological polar surface area (TPSA) is 0 Å². The van der Waals surface area contributed by atoms with Crippen molar-refractivity contribution in [3.8, 4) is 22.3 Å². The molecule has 4 heteroatoms. The third-order valence-electron chi connectivity index (χ3n) is 8.67. The number of fused-ring (bicyclic) bond motifs is 4. The van der Waals surface area contributed by atoms with Gasteiger partial charge in [-0.3, -0.25) is 0 Å². The molecule has 204 valence electrons. The molecule has 1 aliphatic heterocycles. The Morgan fingerprint density at radius 1 is 0.825 bits per heavy atom. The summed E-state index contributed by atoms with van der Waals surface area (Å²) in [6.07, 6.45) is 3.51. The second-order valence-electron chi connectivity index (χ2n) is 12.6. The van der Waals surface area contributed by atoms with Crippen LogP contribution in [0.1, 0.15) is 71.5 Å². The molecule has 0 radical (unpaired) electrons. The average molecular weight is 661 g/mol. The van der Waals surface area contributed by atoms with Gasteiger partial charge in [0.05, 0.1) is 0 Å². The van der Waals surface area contributed by atoms with Crippen molar-refractivity contribution < 1.29 is 17.9 Å². The Bertz CT molecular complexity index is 1640. The fourth-order valence-corrected chi connectivity index (χ4v) is 23.9. The van der Waals surface area contributed by atoms with Crippen LogP contribution in [0.15, 0.2) is 78.4 Å². The predicted molar refractivity (Wildman–Crippen MR) is 177 cm³/mol. The summed E-state index contributed by atoms with van der Waals surface area (Å²) < 4.78 is 1.43. The minimum absolute atomic E-state index is 0.116. The standard InChI is InChI=1S/C24H29.C12H9Si.2ClH.Zr/c1-15(2)9-19-13-20-7-8-22(16(3)4)24(23(20)14-19)21-11-17(5)10-18(6)12-21;1-3-7-11-9(5-1)10-6-2-4-8-12(10)13-11;;;/h7-8,10-16H,9H2,1-6H3;1-7H,13H2;2*1H;/q;;;;+2/p-2. The monoisotopic (exact) mass is 658 g/mol. The molecule has 0 amide bonds. The molecule has 0 saturated heterocycles. The Balaban J connectivity index is 1.57. The third-order valence-corrected chi connectivity index (χ3v) is 23.0. The first-order valence-corrected chi connectivity index (χ1v) is 25.0. The summed E-state index contributed by atoms with van der Waals surface area (Å²) in [6, 6.07) is 27.4. The first-order valence-electron chi connectivity index (χ1n) is 14.6. The van der Waals surface area contributed by atoms with Crippen LogP contribution in [-0.2, 0) is 17.9 Å². The van der Waals surface area contributed by atoms with Gasteiger partial charge in [0, 0.05) is 0 Å². The van der Waals surface area contributed by atoms with E-state index in [1.54, 1.807) is 0 Å². The Morgan fingerprint density at radius 2 is 1.52 bits per heavy atom. The molecule has 0 spiro atoms. The molecule has 0 N–H and O–H groups in total. The molecule has 0 nitrogen and oxygen atoms in total. The summed E-state index contributed by atoms with van der Waals surface area (Å²) in [4.78, 5) is 0. The molecule has 1 atom stereocenters. The Hall–Kier alpha value is -1.70. The van der Waals surface area contributed by atoms with Crippen LogP contribution in [0.5, 0.6) is 0 Å². The van der Waals surface area contributed by atoms with Crippen molar-refractivity contribution in [3.05, 3.63) is 106 Å². The molecule has 0 aromatic heterocycles. The summed E-state index contributed by atoms with van der Waals surface area (Å²) >= 11 is -4.00. The van der Waals surface area contributed by atoms with E-state index in [0.717, 1.165) is 6.42 Å². The summed E-state index contributed by atoms with van der Waals surface area (Å²) in [5, 5.41) is 3.01. The van der Waals surface area contributed by atoms with Crippen molar-refractivity contribution in [2.24, 2.45) is 5.92 Å². The van der Waals surface area contributed by atoms with Crippen molar-refractivity contribution >= 4 is 46.3 Å². The van der Waals surface area contributed by atoms with Gasteiger partial charge < -0.3 is 0 Å². The molecule has 0 fully saturated rings. The molecule has 6 rings (SSSR count). The molecule has 1 aliphatic carbocycles. The zero-order valence-corrected chi connectivity index (χ0v) is 29.8. The molecule has 0 saturated carbocycles. The van der Waals surface area contributed by atoms with E-state index in [1.807, 2.05) is 0 Å². The van der Waals surface area contributed by atoms with E-state index in [0.29, 0.717) is 11.8 Å². The number of hydrogen-bond acceptors (Lipinski definition) is 0. The molecule has 1 unspecified atom stereocenters. The van der Waals surface area contributed by atoms with Gasteiger partial charge in [0.2, 0.25) is 0 Å². The molecule has 2 aliphatic rings. The van der Waals surface area contributed by atoms with Crippen molar-refractivity contribution in [1.82, 2.24) is 0 Å².